The molecule has 98 valence electrons. The molecular weight excluding hydrogens is 242 g/mol. The topological polar surface area (TPSA) is 35.5 Å². The van der Waals surface area contributed by atoms with E-state index >= 15 is 0 Å². The first kappa shape index (κ1) is 12.8. The van der Waals surface area contributed by atoms with Gasteiger partial charge in [-0.2, -0.15) is 0 Å². The number of ether oxygens (including phenoxy) is 2. The van der Waals surface area contributed by atoms with Gasteiger partial charge < -0.3 is 9.47 Å². The molecule has 3 nitrogen and oxygen atoms in total. The Bertz CT molecular complexity index is 470. The third kappa shape index (κ3) is 2.17. The van der Waals surface area contributed by atoms with Crippen molar-refractivity contribution in [3.05, 3.63) is 29.3 Å². The molecule has 1 aromatic rings. The number of methoxy groups -OCH3 is 2. The van der Waals surface area contributed by atoms with Crippen molar-refractivity contribution in [2.75, 3.05) is 14.2 Å². The molecule has 1 unspecified atom stereocenters. The van der Waals surface area contributed by atoms with Crippen molar-refractivity contribution in [1.82, 2.24) is 0 Å². The molecule has 1 saturated carbocycles. The molecule has 0 radical (unpaired) electrons. The van der Waals surface area contributed by atoms with Gasteiger partial charge in [0.25, 0.3) is 0 Å². The van der Waals surface area contributed by atoms with Gasteiger partial charge >= 0.3 is 5.97 Å². The Morgan fingerprint density at radius 3 is 2.50 bits per heavy atom. The van der Waals surface area contributed by atoms with E-state index in [1.807, 2.05) is 0 Å². The van der Waals surface area contributed by atoms with Crippen LogP contribution in [0.4, 0.5) is 8.78 Å². The normalized spacial score (nSPS) is 16.2. The number of carbonyl (C=O) groups excluding carboxylic acids is 1. The second-order valence-electron chi connectivity index (χ2n) is 4.32. The van der Waals surface area contributed by atoms with E-state index < -0.39 is 23.5 Å². The minimum Gasteiger partial charge on any atom is -0.496 e. The minimum absolute atomic E-state index is 0.00245. The van der Waals surface area contributed by atoms with E-state index in [0.29, 0.717) is 0 Å². The SMILES string of the molecule is COC(=O)C(c1c(OC)ccc(F)c1F)C1CC1. The molecule has 0 bridgehead atoms. The molecule has 1 atom stereocenters. The van der Waals surface area contributed by atoms with E-state index in [1.54, 1.807) is 0 Å². The number of halogens is 2. The molecule has 18 heavy (non-hydrogen) atoms. The summed E-state index contributed by atoms with van der Waals surface area (Å²) in [4.78, 5) is 11.8. The zero-order chi connectivity index (χ0) is 13.3. The van der Waals surface area contributed by atoms with Crippen LogP contribution in [-0.2, 0) is 9.53 Å². The van der Waals surface area contributed by atoms with Crippen molar-refractivity contribution in [3.8, 4) is 5.75 Å². The highest BCUT2D eigenvalue weighted by Gasteiger charge is 2.41. The summed E-state index contributed by atoms with van der Waals surface area (Å²) in [5.74, 6) is -3.18. The minimum atomic E-state index is -1.03. The average Bonchev–Trinajstić information content (AvgIpc) is 3.19. The van der Waals surface area contributed by atoms with E-state index in [0.717, 1.165) is 18.9 Å². The van der Waals surface area contributed by atoms with Gasteiger partial charge in [0, 0.05) is 5.56 Å². The van der Waals surface area contributed by atoms with Crippen molar-refractivity contribution in [3.63, 3.8) is 0 Å². The van der Waals surface area contributed by atoms with Crippen LogP contribution in [0.15, 0.2) is 12.1 Å². The van der Waals surface area contributed by atoms with Gasteiger partial charge in [-0.1, -0.05) is 0 Å². The lowest BCUT2D eigenvalue weighted by Gasteiger charge is -2.18. The molecule has 1 aromatic carbocycles. The van der Waals surface area contributed by atoms with Crippen LogP contribution < -0.4 is 4.74 Å². The zero-order valence-electron chi connectivity index (χ0n) is 10.2. The highest BCUT2D eigenvalue weighted by molar-refractivity contribution is 5.80. The Kier molecular flexibility index (Phi) is 3.50. The van der Waals surface area contributed by atoms with Crippen LogP contribution in [-0.4, -0.2) is 20.2 Å². The maximum atomic E-state index is 13.9. The fraction of sp³-hybridized carbons (Fsp3) is 0.462. The van der Waals surface area contributed by atoms with Gasteiger partial charge in [0.15, 0.2) is 11.6 Å². The first-order chi connectivity index (χ1) is 8.60. The van der Waals surface area contributed by atoms with Crippen LogP contribution >= 0.6 is 0 Å². The summed E-state index contributed by atoms with van der Waals surface area (Å²) >= 11 is 0. The van der Waals surface area contributed by atoms with Crippen molar-refractivity contribution >= 4 is 5.97 Å². The molecule has 1 aliphatic carbocycles. The third-order valence-corrected chi connectivity index (χ3v) is 3.17. The van der Waals surface area contributed by atoms with Crippen molar-refractivity contribution in [2.24, 2.45) is 5.92 Å². The van der Waals surface area contributed by atoms with Gasteiger partial charge in [-0.15, -0.1) is 0 Å². The Labute approximate surface area is 104 Å². The van der Waals surface area contributed by atoms with Gasteiger partial charge in [-0.05, 0) is 30.9 Å². The molecule has 0 aromatic heterocycles. The summed E-state index contributed by atoms with van der Waals surface area (Å²) in [5.41, 5.74) is -0.0353. The Morgan fingerprint density at radius 1 is 1.33 bits per heavy atom. The fourth-order valence-electron chi connectivity index (χ4n) is 2.12. The van der Waals surface area contributed by atoms with E-state index in [9.17, 15) is 13.6 Å². The lowest BCUT2D eigenvalue weighted by molar-refractivity contribution is -0.143. The molecule has 0 aliphatic heterocycles. The number of esters is 1. The third-order valence-electron chi connectivity index (χ3n) is 3.17. The van der Waals surface area contributed by atoms with Gasteiger partial charge in [-0.25, -0.2) is 8.78 Å². The maximum Gasteiger partial charge on any atom is 0.313 e. The molecule has 0 N–H and O–H groups in total. The number of carbonyl (C=O) groups is 1. The molecule has 1 fully saturated rings. The lowest BCUT2D eigenvalue weighted by Crippen LogP contribution is -2.19. The fourth-order valence-corrected chi connectivity index (χ4v) is 2.12. The quantitative estimate of drug-likeness (QED) is 0.777. The monoisotopic (exact) mass is 256 g/mol. The predicted molar refractivity (Wildman–Crippen MR) is 60.4 cm³/mol. The Morgan fingerprint density at radius 2 is 2.00 bits per heavy atom. The Balaban J connectivity index is 2.52. The maximum absolute atomic E-state index is 13.9. The first-order valence-electron chi connectivity index (χ1n) is 5.69. The van der Waals surface area contributed by atoms with Crippen LogP contribution in [0, 0.1) is 17.6 Å². The number of rotatable bonds is 4. The lowest BCUT2D eigenvalue weighted by atomic mass is 9.92. The summed E-state index contributed by atoms with van der Waals surface area (Å²) in [6.07, 6.45) is 1.61. The summed E-state index contributed by atoms with van der Waals surface area (Å²) in [7, 11) is 2.60. The van der Waals surface area contributed by atoms with Gasteiger partial charge in [0.05, 0.1) is 20.1 Å². The number of hydrogen-bond acceptors (Lipinski definition) is 3. The van der Waals surface area contributed by atoms with Crippen LogP contribution in [0.2, 0.25) is 0 Å². The van der Waals surface area contributed by atoms with Gasteiger partial charge in [0.1, 0.15) is 5.75 Å². The molecule has 5 heteroatoms. The highest BCUT2D eigenvalue weighted by Crippen LogP contribution is 2.46. The van der Waals surface area contributed by atoms with E-state index in [-0.39, 0.29) is 17.2 Å². The van der Waals surface area contributed by atoms with Gasteiger partial charge in [0.2, 0.25) is 0 Å². The van der Waals surface area contributed by atoms with Crippen molar-refractivity contribution in [1.29, 1.82) is 0 Å². The summed E-state index contributed by atoms with van der Waals surface area (Å²) < 4.78 is 36.9. The van der Waals surface area contributed by atoms with E-state index in [1.165, 1.54) is 20.3 Å². The molecule has 0 spiro atoms. The number of benzene rings is 1. The second-order valence-corrected chi connectivity index (χ2v) is 4.32. The molecule has 0 saturated heterocycles. The summed E-state index contributed by atoms with van der Waals surface area (Å²) in [5, 5.41) is 0. The second kappa shape index (κ2) is 4.92. The molecular formula is C13H14F2O3. The highest BCUT2D eigenvalue weighted by atomic mass is 19.2. The molecule has 0 amide bonds. The number of hydrogen-bond donors (Lipinski definition) is 0. The van der Waals surface area contributed by atoms with Gasteiger partial charge in [-0.3, -0.25) is 4.79 Å². The largest absolute Gasteiger partial charge is 0.496 e. The smallest absolute Gasteiger partial charge is 0.313 e. The average molecular weight is 256 g/mol. The first-order valence-corrected chi connectivity index (χ1v) is 5.69. The van der Waals surface area contributed by atoms with Crippen LogP contribution in [0.3, 0.4) is 0 Å². The zero-order valence-corrected chi connectivity index (χ0v) is 10.2. The van der Waals surface area contributed by atoms with Crippen molar-refractivity contribution < 1.29 is 23.0 Å². The van der Waals surface area contributed by atoms with Crippen LogP contribution in [0.5, 0.6) is 5.75 Å². The van der Waals surface area contributed by atoms with Crippen molar-refractivity contribution in [2.45, 2.75) is 18.8 Å². The molecule has 1 aliphatic rings. The van der Waals surface area contributed by atoms with Crippen LogP contribution in [0.1, 0.15) is 24.3 Å². The predicted octanol–water partition coefficient (Wildman–Crippen LogP) is 2.64. The standard InChI is InChI=1S/C13H14F2O3/c1-17-9-6-5-8(14)12(15)11(9)10(7-3-4-7)13(16)18-2/h5-7,10H,3-4H2,1-2H3. The van der Waals surface area contributed by atoms with E-state index in [2.05, 4.69) is 4.74 Å². The summed E-state index contributed by atoms with van der Waals surface area (Å²) in [6.45, 7) is 0. The molecule has 2 rings (SSSR count). The molecule has 0 heterocycles. The van der Waals surface area contributed by atoms with E-state index in [4.69, 9.17) is 4.74 Å². The van der Waals surface area contributed by atoms with Crippen LogP contribution in [0.25, 0.3) is 0 Å². The Hall–Kier alpha value is -1.65. The summed E-state index contributed by atoms with van der Waals surface area (Å²) in [6, 6.07) is 2.31.